The number of benzene rings is 1. The summed E-state index contributed by atoms with van der Waals surface area (Å²) < 4.78 is 25.7. The van der Waals surface area contributed by atoms with E-state index in [2.05, 4.69) is 20.3 Å². The summed E-state index contributed by atoms with van der Waals surface area (Å²) in [5, 5.41) is 2.86. The van der Waals surface area contributed by atoms with Crippen molar-refractivity contribution in [3.63, 3.8) is 0 Å². The van der Waals surface area contributed by atoms with Gasteiger partial charge in [-0.3, -0.25) is 0 Å². The third-order valence-electron chi connectivity index (χ3n) is 2.20. The minimum Gasteiger partial charge on any atom is -0.368 e. The molecule has 1 heterocycles. The van der Waals surface area contributed by atoms with Gasteiger partial charge in [-0.05, 0) is 24.6 Å². The van der Waals surface area contributed by atoms with Gasteiger partial charge in [0.05, 0.1) is 0 Å². The molecule has 3 N–H and O–H groups in total. The van der Waals surface area contributed by atoms with Gasteiger partial charge in [0.25, 0.3) is 0 Å². The van der Waals surface area contributed by atoms with E-state index >= 15 is 0 Å². The Kier molecular flexibility index (Phi) is 3.31. The average Bonchev–Trinajstić information content (AvgIpc) is 2.29. The molecule has 2 aromatic rings. The second kappa shape index (κ2) is 4.91. The molecule has 1 aromatic carbocycles. The summed E-state index contributed by atoms with van der Waals surface area (Å²) >= 11 is 0. The van der Waals surface area contributed by atoms with E-state index in [1.165, 1.54) is 6.07 Å². The Morgan fingerprint density at radius 1 is 1.17 bits per heavy atom. The van der Waals surface area contributed by atoms with Crippen molar-refractivity contribution >= 4 is 11.9 Å². The Hall–Kier alpha value is -2.31. The highest BCUT2D eigenvalue weighted by Gasteiger charge is 2.04. The first kappa shape index (κ1) is 12.2. The molecule has 5 nitrogen and oxygen atoms in total. The van der Waals surface area contributed by atoms with E-state index < -0.39 is 11.6 Å². The number of nitrogens with one attached hydrogen (secondary N) is 1. The van der Waals surface area contributed by atoms with Crippen LogP contribution < -0.4 is 11.1 Å². The summed E-state index contributed by atoms with van der Waals surface area (Å²) in [7, 11) is 0. The Labute approximate surface area is 102 Å². The Morgan fingerprint density at radius 3 is 2.61 bits per heavy atom. The van der Waals surface area contributed by atoms with Crippen LogP contribution in [0, 0.1) is 18.6 Å². The van der Waals surface area contributed by atoms with Crippen LogP contribution in [0.4, 0.5) is 20.7 Å². The van der Waals surface area contributed by atoms with Crippen molar-refractivity contribution in [3.05, 3.63) is 41.2 Å². The van der Waals surface area contributed by atoms with Gasteiger partial charge in [0.1, 0.15) is 5.82 Å². The summed E-state index contributed by atoms with van der Waals surface area (Å²) in [6.45, 7) is 1.95. The topological polar surface area (TPSA) is 76.7 Å². The average molecular weight is 251 g/mol. The van der Waals surface area contributed by atoms with Gasteiger partial charge in [-0.15, -0.1) is 0 Å². The van der Waals surface area contributed by atoms with E-state index in [1.54, 1.807) is 6.92 Å². The van der Waals surface area contributed by atoms with Crippen molar-refractivity contribution in [2.75, 3.05) is 11.1 Å². The molecule has 0 aliphatic rings. The number of nitrogen functional groups attached to an aromatic ring is 1. The molecule has 0 radical (unpaired) electrons. The van der Waals surface area contributed by atoms with Crippen LogP contribution >= 0.6 is 0 Å². The van der Waals surface area contributed by atoms with Gasteiger partial charge < -0.3 is 11.1 Å². The highest BCUT2D eigenvalue weighted by molar-refractivity contribution is 5.32. The molecule has 0 unspecified atom stereocenters. The molecule has 0 spiro atoms. The molecular formula is C11H11F2N5. The van der Waals surface area contributed by atoms with Gasteiger partial charge in [-0.1, -0.05) is 6.07 Å². The number of hydrogen-bond donors (Lipinski definition) is 2. The molecule has 0 atom stereocenters. The summed E-state index contributed by atoms with van der Waals surface area (Å²) in [4.78, 5) is 11.7. The lowest BCUT2D eigenvalue weighted by molar-refractivity contribution is 0.507. The second-order valence-corrected chi connectivity index (χ2v) is 3.67. The minimum absolute atomic E-state index is 0.107. The third kappa shape index (κ3) is 2.88. The van der Waals surface area contributed by atoms with E-state index in [9.17, 15) is 8.78 Å². The third-order valence-corrected chi connectivity index (χ3v) is 2.20. The molecule has 0 amide bonds. The lowest BCUT2D eigenvalue weighted by atomic mass is 10.2. The SMILES string of the molecule is Cc1nc(N)nc(NCc2ccc(F)c(F)c2)n1. The number of anilines is 2. The van der Waals surface area contributed by atoms with E-state index in [1.807, 2.05) is 0 Å². The van der Waals surface area contributed by atoms with Crippen molar-refractivity contribution in [2.24, 2.45) is 0 Å². The fourth-order valence-electron chi connectivity index (χ4n) is 1.41. The van der Waals surface area contributed by atoms with E-state index in [4.69, 9.17) is 5.73 Å². The molecule has 18 heavy (non-hydrogen) atoms. The highest BCUT2D eigenvalue weighted by Crippen LogP contribution is 2.10. The van der Waals surface area contributed by atoms with Crippen LogP contribution in [0.3, 0.4) is 0 Å². The fraction of sp³-hybridized carbons (Fsp3) is 0.182. The van der Waals surface area contributed by atoms with Crippen molar-refractivity contribution in [1.82, 2.24) is 15.0 Å². The first-order chi connectivity index (χ1) is 8.54. The standard InChI is InChI=1S/C11H11F2N5/c1-6-16-10(14)18-11(17-6)15-5-7-2-3-8(12)9(13)4-7/h2-4H,5H2,1H3,(H3,14,15,16,17,18). The van der Waals surface area contributed by atoms with Gasteiger partial charge in [0.2, 0.25) is 11.9 Å². The first-order valence-electron chi connectivity index (χ1n) is 5.20. The smallest absolute Gasteiger partial charge is 0.227 e. The number of aromatic nitrogens is 3. The number of aryl methyl sites for hydroxylation is 1. The highest BCUT2D eigenvalue weighted by atomic mass is 19.2. The van der Waals surface area contributed by atoms with Gasteiger partial charge in [0, 0.05) is 6.54 Å². The summed E-state index contributed by atoms with van der Waals surface area (Å²) in [5.41, 5.74) is 6.04. The largest absolute Gasteiger partial charge is 0.368 e. The van der Waals surface area contributed by atoms with E-state index in [0.29, 0.717) is 17.3 Å². The van der Waals surface area contributed by atoms with Crippen molar-refractivity contribution < 1.29 is 8.78 Å². The van der Waals surface area contributed by atoms with Gasteiger partial charge in [-0.2, -0.15) is 15.0 Å². The molecule has 0 fully saturated rings. The van der Waals surface area contributed by atoms with Crippen molar-refractivity contribution in [1.29, 1.82) is 0 Å². The number of rotatable bonds is 3. The Balaban J connectivity index is 2.08. The quantitative estimate of drug-likeness (QED) is 0.867. The van der Waals surface area contributed by atoms with E-state index in [-0.39, 0.29) is 12.5 Å². The molecule has 0 saturated heterocycles. The lowest BCUT2D eigenvalue weighted by Gasteiger charge is -2.06. The number of nitrogens with zero attached hydrogens (tertiary/aromatic N) is 3. The maximum Gasteiger partial charge on any atom is 0.227 e. The Morgan fingerprint density at radius 2 is 1.94 bits per heavy atom. The van der Waals surface area contributed by atoms with Gasteiger partial charge in [0.15, 0.2) is 11.6 Å². The molecule has 0 aliphatic heterocycles. The zero-order chi connectivity index (χ0) is 13.1. The molecule has 0 saturated carbocycles. The van der Waals surface area contributed by atoms with Crippen LogP contribution in [-0.4, -0.2) is 15.0 Å². The molecule has 7 heteroatoms. The molecular weight excluding hydrogens is 240 g/mol. The molecule has 1 aromatic heterocycles. The van der Waals surface area contributed by atoms with Crippen LogP contribution in [0.1, 0.15) is 11.4 Å². The van der Waals surface area contributed by atoms with Crippen LogP contribution in [0.25, 0.3) is 0 Å². The summed E-state index contributed by atoms with van der Waals surface area (Å²) in [5.74, 6) is -0.880. The van der Waals surface area contributed by atoms with Gasteiger partial charge >= 0.3 is 0 Å². The maximum absolute atomic E-state index is 13.0. The first-order valence-corrected chi connectivity index (χ1v) is 5.20. The lowest BCUT2D eigenvalue weighted by Crippen LogP contribution is -2.08. The predicted octanol–water partition coefficient (Wildman–Crippen LogP) is 1.65. The number of hydrogen-bond acceptors (Lipinski definition) is 5. The summed E-state index contributed by atoms with van der Waals surface area (Å²) in [6.07, 6.45) is 0. The zero-order valence-electron chi connectivity index (χ0n) is 9.61. The Bertz CT molecular complexity index is 553. The minimum atomic E-state index is -0.888. The van der Waals surface area contributed by atoms with Gasteiger partial charge in [-0.25, -0.2) is 8.78 Å². The normalized spacial score (nSPS) is 10.4. The summed E-state index contributed by atoms with van der Waals surface area (Å²) in [6, 6.07) is 3.65. The molecule has 0 bridgehead atoms. The maximum atomic E-state index is 13.0. The van der Waals surface area contributed by atoms with Crippen LogP contribution in [-0.2, 0) is 6.54 Å². The predicted molar refractivity (Wildman–Crippen MR) is 62.7 cm³/mol. The van der Waals surface area contributed by atoms with Crippen LogP contribution in [0.5, 0.6) is 0 Å². The number of halogens is 2. The second-order valence-electron chi connectivity index (χ2n) is 3.67. The zero-order valence-corrected chi connectivity index (χ0v) is 9.61. The van der Waals surface area contributed by atoms with Crippen molar-refractivity contribution in [2.45, 2.75) is 13.5 Å². The van der Waals surface area contributed by atoms with Crippen molar-refractivity contribution in [3.8, 4) is 0 Å². The van der Waals surface area contributed by atoms with E-state index in [0.717, 1.165) is 12.1 Å². The molecule has 94 valence electrons. The number of nitrogens with two attached hydrogens (primary N) is 1. The van der Waals surface area contributed by atoms with Crippen LogP contribution in [0.15, 0.2) is 18.2 Å². The monoisotopic (exact) mass is 251 g/mol. The molecule has 0 aliphatic carbocycles. The molecule has 2 rings (SSSR count). The fourth-order valence-corrected chi connectivity index (χ4v) is 1.41. The van der Waals surface area contributed by atoms with Crippen LogP contribution in [0.2, 0.25) is 0 Å².